The molecule has 0 aromatic heterocycles. The van der Waals surface area contributed by atoms with Crippen LogP contribution in [-0.4, -0.2) is 0 Å². The highest BCUT2D eigenvalue weighted by Gasteiger charge is 2.08. The van der Waals surface area contributed by atoms with Crippen molar-refractivity contribution in [2.24, 2.45) is 5.73 Å². The van der Waals surface area contributed by atoms with Gasteiger partial charge >= 0.3 is 0 Å². The maximum Gasteiger partial charge on any atom is 0.128 e. The molecule has 0 saturated heterocycles. The first-order chi connectivity index (χ1) is 8.08. The molecule has 0 spiro atoms. The lowest BCUT2D eigenvalue weighted by atomic mass is 9.99. The predicted molar refractivity (Wildman–Crippen MR) is 69.2 cm³/mol. The second kappa shape index (κ2) is 4.68. The zero-order valence-corrected chi connectivity index (χ0v) is 10.1. The zero-order valence-electron chi connectivity index (χ0n) is 10.1. The van der Waals surface area contributed by atoms with E-state index in [9.17, 15) is 4.39 Å². The minimum Gasteiger partial charge on any atom is -0.324 e. The molecule has 2 N–H and O–H groups in total. The van der Waals surface area contributed by atoms with Crippen molar-refractivity contribution < 1.29 is 4.39 Å². The van der Waals surface area contributed by atoms with Gasteiger partial charge in [0.2, 0.25) is 0 Å². The number of halogens is 1. The molecule has 0 fully saturated rings. The molecule has 17 heavy (non-hydrogen) atoms. The van der Waals surface area contributed by atoms with E-state index in [0.717, 1.165) is 11.1 Å². The van der Waals surface area contributed by atoms with Gasteiger partial charge in [-0.05, 0) is 37.1 Å². The highest BCUT2D eigenvalue weighted by atomic mass is 19.1. The normalized spacial score (nSPS) is 12.5. The first-order valence-corrected chi connectivity index (χ1v) is 5.70. The summed E-state index contributed by atoms with van der Waals surface area (Å²) in [7, 11) is 0. The third kappa shape index (κ3) is 2.53. The van der Waals surface area contributed by atoms with Crippen molar-refractivity contribution in [3.8, 4) is 11.1 Å². The van der Waals surface area contributed by atoms with Crippen molar-refractivity contribution in [2.45, 2.75) is 19.9 Å². The van der Waals surface area contributed by atoms with E-state index in [2.05, 4.69) is 6.07 Å². The monoisotopic (exact) mass is 229 g/mol. The van der Waals surface area contributed by atoms with Crippen LogP contribution >= 0.6 is 0 Å². The standard InChI is InChI=1S/C15H16FN/c1-10-4-3-5-12(8-10)13-6-7-15(16)14(9-13)11(2)17/h3-9,11H,17H2,1-2H3. The Hall–Kier alpha value is -1.67. The van der Waals surface area contributed by atoms with Gasteiger partial charge in [-0.2, -0.15) is 0 Å². The molecule has 0 bridgehead atoms. The molecule has 1 nitrogen and oxygen atoms in total. The van der Waals surface area contributed by atoms with Gasteiger partial charge in [0.1, 0.15) is 5.82 Å². The predicted octanol–water partition coefficient (Wildman–Crippen LogP) is 3.82. The van der Waals surface area contributed by atoms with Crippen LogP contribution in [0.15, 0.2) is 42.5 Å². The molecule has 2 aromatic rings. The van der Waals surface area contributed by atoms with E-state index in [0.29, 0.717) is 5.56 Å². The molecule has 1 unspecified atom stereocenters. The number of hydrogen-bond donors (Lipinski definition) is 1. The van der Waals surface area contributed by atoms with Crippen LogP contribution in [0, 0.1) is 12.7 Å². The molecular weight excluding hydrogens is 213 g/mol. The number of hydrogen-bond acceptors (Lipinski definition) is 1. The van der Waals surface area contributed by atoms with Crippen molar-refractivity contribution in [1.29, 1.82) is 0 Å². The molecule has 2 heteroatoms. The molecule has 0 heterocycles. The fraction of sp³-hybridized carbons (Fsp3) is 0.200. The van der Waals surface area contributed by atoms with E-state index >= 15 is 0 Å². The van der Waals surface area contributed by atoms with Gasteiger partial charge in [-0.15, -0.1) is 0 Å². The average Bonchev–Trinajstić information content (AvgIpc) is 2.29. The number of nitrogens with two attached hydrogens (primary N) is 1. The Morgan fingerprint density at radius 2 is 1.76 bits per heavy atom. The smallest absolute Gasteiger partial charge is 0.128 e. The minimum absolute atomic E-state index is 0.239. The molecule has 0 aliphatic heterocycles. The van der Waals surface area contributed by atoms with Gasteiger partial charge in [0.15, 0.2) is 0 Å². The molecule has 0 aliphatic carbocycles. The molecule has 0 saturated carbocycles. The SMILES string of the molecule is Cc1cccc(-c2ccc(F)c(C(C)N)c2)c1. The van der Waals surface area contributed by atoms with Crippen LogP contribution in [0.4, 0.5) is 4.39 Å². The molecule has 0 aliphatic rings. The van der Waals surface area contributed by atoms with Crippen molar-refractivity contribution in [1.82, 2.24) is 0 Å². The molecule has 0 radical (unpaired) electrons. The number of aryl methyl sites for hydroxylation is 1. The second-order valence-electron chi connectivity index (χ2n) is 4.39. The lowest BCUT2D eigenvalue weighted by Crippen LogP contribution is -2.07. The van der Waals surface area contributed by atoms with Crippen LogP contribution < -0.4 is 5.73 Å². The van der Waals surface area contributed by atoms with Gasteiger partial charge in [0, 0.05) is 11.6 Å². The van der Waals surface area contributed by atoms with Crippen molar-refractivity contribution in [3.63, 3.8) is 0 Å². The molecular formula is C15H16FN. The summed E-state index contributed by atoms with van der Waals surface area (Å²) in [5.41, 5.74) is 9.59. The average molecular weight is 229 g/mol. The van der Waals surface area contributed by atoms with Gasteiger partial charge in [0.25, 0.3) is 0 Å². The quantitative estimate of drug-likeness (QED) is 0.832. The van der Waals surface area contributed by atoms with Gasteiger partial charge in [-0.1, -0.05) is 35.9 Å². The maximum atomic E-state index is 13.5. The number of rotatable bonds is 2. The summed E-state index contributed by atoms with van der Waals surface area (Å²) in [6.07, 6.45) is 0. The van der Waals surface area contributed by atoms with E-state index in [-0.39, 0.29) is 11.9 Å². The highest BCUT2D eigenvalue weighted by molar-refractivity contribution is 5.65. The van der Waals surface area contributed by atoms with Crippen LogP contribution in [-0.2, 0) is 0 Å². The maximum absolute atomic E-state index is 13.5. The summed E-state index contributed by atoms with van der Waals surface area (Å²) < 4.78 is 13.5. The van der Waals surface area contributed by atoms with Gasteiger partial charge in [0.05, 0.1) is 0 Å². The van der Waals surface area contributed by atoms with E-state index < -0.39 is 0 Å². The Labute approximate surface area is 101 Å². The van der Waals surface area contributed by atoms with Crippen LogP contribution in [0.25, 0.3) is 11.1 Å². The van der Waals surface area contributed by atoms with Crippen LogP contribution in [0.3, 0.4) is 0 Å². The summed E-state index contributed by atoms with van der Waals surface area (Å²) in [5, 5.41) is 0. The van der Waals surface area contributed by atoms with Crippen LogP contribution in [0.1, 0.15) is 24.1 Å². The fourth-order valence-corrected chi connectivity index (χ4v) is 1.90. The van der Waals surface area contributed by atoms with Gasteiger partial charge < -0.3 is 5.73 Å². The molecule has 1 atom stereocenters. The van der Waals surface area contributed by atoms with Crippen molar-refractivity contribution in [3.05, 3.63) is 59.4 Å². The van der Waals surface area contributed by atoms with Gasteiger partial charge in [-0.25, -0.2) is 4.39 Å². The second-order valence-corrected chi connectivity index (χ2v) is 4.39. The van der Waals surface area contributed by atoms with Gasteiger partial charge in [-0.3, -0.25) is 0 Å². The Morgan fingerprint density at radius 1 is 1.06 bits per heavy atom. The van der Waals surface area contributed by atoms with E-state index in [1.165, 1.54) is 11.6 Å². The molecule has 88 valence electrons. The third-order valence-electron chi connectivity index (χ3n) is 2.84. The summed E-state index contributed by atoms with van der Waals surface area (Å²) in [6.45, 7) is 3.83. The van der Waals surface area contributed by atoms with E-state index in [4.69, 9.17) is 5.73 Å². The Bertz CT molecular complexity index is 532. The van der Waals surface area contributed by atoms with Crippen LogP contribution in [0.5, 0.6) is 0 Å². The Balaban J connectivity index is 2.50. The summed E-state index contributed by atoms with van der Waals surface area (Å²) in [5.74, 6) is -0.239. The highest BCUT2D eigenvalue weighted by Crippen LogP contribution is 2.25. The first kappa shape index (κ1) is 11.8. The largest absolute Gasteiger partial charge is 0.324 e. The molecule has 2 aromatic carbocycles. The third-order valence-corrected chi connectivity index (χ3v) is 2.84. The first-order valence-electron chi connectivity index (χ1n) is 5.70. The van der Waals surface area contributed by atoms with E-state index in [1.54, 1.807) is 13.0 Å². The fourth-order valence-electron chi connectivity index (χ4n) is 1.90. The lowest BCUT2D eigenvalue weighted by Gasteiger charge is -2.10. The van der Waals surface area contributed by atoms with Crippen LogP contribution in [0.2, 0.25) is 0 Å². The van der Waals surface area contributed by atoms with Crippen molar-refractivity contribution >= 4 is 0 Å². The summed E-state index contributed by atoms with van der Waals surface area (Å²) >= 11 is 0. The Kier molecular flexibility index (Phi) is 3.25. The summed E-state index contributed by atoms with van der Waals surface area (Å²) in [6, 6.07) is 12.9. The minimum atomic E-state index is -0.292. The lowest BCUT2D eigenvalue weighted by molar-refractivity contribution is 0.594. The molecule has 0 amide bonds. The topological polar surface area (TPSA) is 26.0 Å². The summed E-state index contributed by atoms with van der Waals surface area (Å²) in [4.78, 5) is 0. The molecule has 2 rings (SSSR count). The Morgan fingerprint density at radius 3 is 2.41 bits per heavy atom. The van der Waals surface area contributed by atoms with E-state index in [1.807, 2.05) is 31.2 Å². The number of benzene rings is 2. The van der Waals surface area contributed by atoms with Crippen molar-refractivity contribution in [2.75, 3.05) is 0 Å². The zero-order chi connectivity index (χ0) is 12.4.